The second-order valence-corrected chi connectivity index (χ2v) is 5.27. The molecule has 0 amide bonds. The number of aliphatic hydroxyl groups is 1. The molecule has 1 N–H and O–H groups in total. The molecular formula is C14H20BrNO. The summed E-state index contributed by atoms with van der Waals surface area (Å²) in [4.78, 5) is 2.25. The molecule has 0 aliphatic rings. The first-order valence-corrected chi connectivity index (χ1v) is 6.61. The quantitative estimate of drug-likeness (QED) is 0.833. The Hall–Kier alpha value is -0.800. The van der Waals surface area contributed by atoms with Gasteiger partial charge in [0.25, 0.3) is 0 Å². The summed E-state index contributed by atoms with van der Waals surface area (Å²) in [6, 6.07) is 6.46. The van der Waals surface area contributed by atoms with Gasteiger partial charge in [-0.2, -0.15) is 0 Å². The molecular weight excluding hydrogens is 278 g/mol. The highest BCUT2D eigenvalue weighted by atomic mass is 79.9. The fraction of sp³-hybridized carbons (Fsp3) is 0.429. The lowest BCUT2D eigenvalue weighted by Crippen LogP contribution is -2.30. The van der Waals surface area contributed by atoms with Crippen LogP contribution in [0.3, 0.4) is 0 Å². The van der Waals surface area contributed by atoms with Crippen LogP contribution in [-0.4, -0.2) is 17.7 Å². The number of anilines is 1. The Morgan fingerprint density at radius 3 is 2.47 bits per heavy atom. The molecule has 0 saturated heterocycles. The van der Waals surface area contributed by atoms with Gasteiger partial charge in [0.2, 0.25) is 0 Å². The molecule has 0 aromatic heterocycles. The van der Waals surface area contributed by atoms with E-state index in [1.807, 2.05) is 24.3 Å². The van der Waals surface area contributed by atoms with Crippen molar-refractivity contribution in [1.29, 1.82) is 0 Å². The number of benzene rings is 1. The molecule has 1 atom stereocenters. The van der Waals surface area contributed by atoms with Gasteiger partial charge in [0.1, 0.15) is 0 Å². The smallest absolute Gasteiger partial charge is 0.0772 e. The van der Waals surface area contributed by atoms with Gasteiger partial charge in [-0.25, -0.2) is 0 Å². The highest BCUT2D eigenvalue weighted by Crippen LogP contribution is 2.29. The Bertz CT molecular complexity index is 388. The van der Waals surface area contributed by atoms with Gasteiger partial charge in [0.15, 0.2) is 0 Å². The third kappa shape index (κ3) is 3.58. The maximum Gasteiger partial charge on any atom is 0.0772 e. The predicted molar refractivity (Wildman–Crippen MR) is 77.5 cm³/mol. The monoisotopic (exact) mass is 297 g/mol. The second-order valence-electron chi connectivity index (χ2n) is 4.42. The lowest BCUT2D eigenvalue weighted by molar-refractivity contribution is 0.198. The molecule has 0 heterocycles. The van der Waals surface area contributed by atoms with E-state index in [2.05, 4.69) is 41.3 Å². The molecule has 0 aliphatic heterocycles. The summed E-state index contributed by atoms with van der Waals surface area (Å²) < 4.78 is 0.944. The zero-order chi connectivity index (χ0) is 13.0. The molecule has 0 spiro atoms. The summed E-state index contributed by atoms with van der Waals surface area (Å²) in [6.45, 7) is 10.7. The average molecular weight is 298 g/mol. The number of hydrogen-bond donors (Lipinski definition) is 1. The van der Waals surface area contributed by atoms with E-state index in [0.29, 0.717) is 6.04 Å². The minimum Gasteiger partial charge on any atom is -0.389 e. The van der Waals surface area contributed by atoms with Crippen molar-refractivity contribution in [2.75, 3.05) is 11.4 Å². The van der Waals surface area contributed by atoms with Crippen molar-refractivity contribution >= 4 is 21.6 Å². The Kier molecular flexibility index (Phi) is 5.22. The number of rotatable bonds is 5. The van der Waals surface area contributed by atoms with E-state index in [1.54, 1.807) is 6.92 Å². The summed E-state index contributed by atoms with van der Waals surface area (Å²) in [6.07, 6.45) is 1.45. The summed E-state index contributed by atoms with van der Waals surface area (Å²) in [5.74, 6) is 0. The Balaban J connectivity index is 3.06. The first kappa shape index (κ1) is 14.3. The fourth-order valence-electron chi connectivity index (χ4n) is 1.79. The first-order valence-electron chi connectivity index (χ1n) is 5.82. The number of aliphatic hydroxyl groups excluding tert-OH is 1. The second kappa shape index (κ2) is 6.22. The van der Waals surface area contributed by atoms with Crippen molar-refractivity contribution in [3.8, 4) is 0 Å². The van der Waals surface area contributed by atoms with Crippen molar-refractivity contribution in [3.05, 3.63) is 40.9 Å². The molecule has 2 nitrogen and oxygen atoms in total. The molecule has 0 bridgehead atoms. The normalized spacial score (nSPS) is 12.6. The van der Waals surface area contributed by atoms with E-state index in [0.717, 1.165) is 22.3 Å². The van der Waals surface area contributed by atoms with E-state index >= 15 is 0 Å². The van der Waals surface area contributed by atoms with Crippen LogP contribution in [0.2, 0.25) is 0 Å². The molecule has 17 heavy (non-hydrogen) atoms. The Labute approximate surface area is 112 Å². The van der Waals surface area contributed by atoms with E-state index in [1.165, 1.54) is 0 Å². The molecule has 0 fully saturated rings. The van der Waals surface area contributed by atoms with Crippen LogP contribution in [0, 0.1) is 0 Å². The molecule has 0 radical (unpaired) electrons. The lowest BCUT2D eigenvalue weighted by atomic mass is 10.1. The molecule has 0 aliphatic carbocycles. The van der Waals surface area contributed by atoms with E-state index < -0.39 is 6.10 Å². The molecule has 0 unspecified atom stereocenters. The third-order valence-electron chi connectivity index (χ3n) is 2.71. The van der Waals surface area contributed by atoms with Gasteiger partial charge >= 0.3 is 0 Å². The third-order valence-corrected chi connectivity index (χ3v) is 3.40. The van der Waals surface area contributed by atoms with Gasteiger partial charge in [-0.1, -0.05) is 28.1 Å². The summed E-state index contributed by atoms with van der Waals surface area (Å²) in [7, 11) is 0. The Morgan fingerprint density at radius 1 is 1.41 bits per heavy atom. The number of hydrogen-bond acceptors (Lipinski definition) is 2. The summed E-state index contributed by atoms with van der Waals surface area (Å²) in [5.41, 5.74) is 2.05. The topological polar surface area (TPSA) is 23.5 Å². The SMILES string of the molecule is C=CCN(c1ccc([C@H](C)O)c(Br)c1)C(C)C. The van der Waals surface area contributed by atoms with E-state index in [-0.39, 0.29) is 0 Å². The van der Waals surface area contributed by atoms with Crippen LogP contribution >= 0.6 is 15.9 Å². The average Bonchev–Trinajstić information content (AvgIpc) is 2.24. The van der Waals surface area contributed by atoms with Crippen LogP contribution in [0.15, 0.2) is 35.3 Å². The molecule has 0 saturated carbocycles. The zero-order valence-corrected chi connectivity index (χ0v) is 12.2. The number of halogens is 1. The molecule has 1 aromatic carbocycles. The van der Waals surface area contributed by atoms with Crippen molar-refractivity contribution in [3.63, 3.8) is 0 Å². The fourth-order valence-corrected chi connectivity index (χ4v) is 2.48. The summed E-state index contributed by atoms with van der Waals surface area (Å²) >= 11 is 3.50. The molecule has 1 aromatic rings. The molecule has 94 valence electrons. The van der Waals surface area contributed by atoms with Crippen LogP contribution in [0.4, 0.5) is 5.69 Å². The van der Waals surface area contributed by atoms with Crippen molar-refractivity contribution < 1.29 is 5.11 Å². The number of nitrogens with zero attached hydrogens (tertiary/aromatic N) is 1. The van der Waals surface area contributed by atoms with Crippen molar-refractivity contribution in [2.45, 2.75) is 32.9 Å². The van der Waals surface area contributed by atoms with Gasteiger partial charge in [-0.3, -0.25) is 0 Å². The van der Waals surface area contributed by atoms with Crippen LogP contribution < -0.4 is 4.90 Å². The van der Waals surface area contributed by atoms with Crippen LogP contribution in [0.1, 0.15) is 32.4 Å². The van der Waals surface area contributed by atoms with E-state index in [9.17, 15) is 5.11 Å². The summed E-state index contributed by atoms with van der Waals surface area (Å²) in [5, 5.41) is 9.59. The van der Waals surface area contributed by atoms with Crippen LogP contribution in [0.5, 0.6) is 0 Å². The zero-order valence-electron chi connectivity index (χ0n) is 10.7. The van der Waals surface area contributed by atoms with Crippen molar-refractivity contribution in [1.82, 2.24) is 0 Å². The van der Waals surface area contributed by atoms with Gasteiger partial charge in [-0.05, 0) is 38.5 Å². The Morgan fingerprint density at radius 2 is 2.06 bits per heavy atom. The van der Waals surface area contributed by atoms with Crippen molar-refractivity contribution in [2.24, 2.45) is 0 Å². The highest BCUT2D eigenvalue weighted by molar-refractivity contribution is 9.10. The van der Waals surface area contributed by atoms with Gasteiger partial charge < -0.3 is 10.0 Å². The molecule has 1 rings (SSSR count). The van der Waals surface area contributed by atoms with Gasteiger partial charge in [-0.15, -0.1) is 6.58 Å². The minimum atomic E-state index is -0.453. The maximum atomic E-state index is 9.59. The standard InChI is InChI=1S/C14H20BrNO/c1-5-8-16(10(2)3)12-6-7-13(11(4)17)14(15)9-12/h5-7,9-11,17H,1,8H2,2-4H3/t11-/m0/s1. The minimum absolute atomic E-state index is 0.414. The largest absolute Gasteiger partial charge is 0.389 e. The van der Waals surface area contributed by atoms with Gasteiger partial charge in [0.05, 0.1) is 6.10 Å². The van der Waals surface area contributed by atoms with Gasteiger partial charge in [0, 0.05) is 22.7 Å². The first-order chi connectivity index (χ1) is 7.97. The van der Waals surface area contributed by atoms with Crippen LogP contribution in [0.25, 0.3) is 0 Å². The molecule has 3 heteroatoms. The lowest BCUT2D eigenvalue weighted by Gasteiger charge is -2.28. The highest BCUT2D eigenvalue weighted by Gasteiger charge is 2.12. The van der Waals surface area contributed by atoms with Crippen LogP contribution in [-0.2, 0) is 0 Å². The maximum absolute atomic E-state index is 9.59. The van der Waals surface area contributed by atoms with E-state index in [4.69, 9.17) is 0 Å². The predicted octanol–water partition coefficient (Wildman–Crippen LogP) is 3.90.